The van der Waals surface area contributed by atoms with E-state index in [4.69, 9.17) is 5.73 Å². The van der Waals surface area contributed by atoms with E-state index in [9.17, 15) is 0 Å². The van der Waals surface area contributed by atoms with Crippen molar-refractivity contribution in [2.24, 2.45) is 5.73 Å². The number of hydrogen-bond acceptors (Lipinski definition) is 2. The maximum Gasteiger partial charge on any atom is 0.0926 e. The van der Waals surface area contributed by atoms with Crippen molar-refractivity contribution in [3.8, 4) is 0 Å². The van der Waals surface area contributed by atoms with E-state index in [0.717, 1.165) is 24.9 Å². The van der Waals surface area contributed by atoms with Crippen LogP contribution >= 0.6 is 0 Å². The maximum absolute atomic E-state index is 5.48. The minimum Gasteiger partial charge on any atom is -0.330 e. The summed E-state index contributed by atoms with van der Waals surface area (Å²) in [6.07, 6.45) is 1.99. The average molecular weight is 189 g/mol. The van der Waals surface area contributed by atoms with E-state index in [1.54, 1.807) is 0 Å². The Morgan fingerprint density at radius 2 is 2.29 bits per heavy atom. The van der Waals surface area contributed by atoms with Gasteiger partial charge >= 0.3 is 0 Å². The second-order valence-electron chi connectivity index (χ2n) is 3.61. The minimum atomic E-state index is 0.729. The van der Waals surface area contributed by atoms with E-state index in [1.807, 2.05) is 0 Å². The number of aryl methyl sites for hydroxylation is 2. The van der Waals surface area contributed by atoms with Gasteiger partial charge in [0.05, 0.1) is 5.52 Å². The number of hydrogen-bond donors (Lipinski definition) is 2. The van der Waals surface area contributed by atoms with Gasteiger partial charge in [-0.3, -0.25) is 5.10 Å². The summed E-state index contributed by atoms with van der Waals surface area (Å²) in [6, 6.07) is 6.33. The molecular weight excluding hydrogens is 174 g/mol. The number of nitrogens with one attached hydrogen (secondary N) is 1. The van der Waals surface area contributed by atoms with Crippen LogP contribution in [-0.4, -0.2) is 16.7 Å². The Hall–Kier alpha value is -1.35. The topological polar surface area (TPSA) is 54.7 Å². The molecule has 1 aromatic heterocycles. The van der Waals surface area contributed by atoms with Gasteiger partial charge in [0, 0.05) is 11.1 Å². The number of aromatic amines is 1. The lowest BCUT2D eigenvalue weighted by Gasteiger charge is -1.96. The number of nitrogens with zero attached hydrogens (tertiary/aromatic N) is 1. The van der Waals surface area contributed by atoms with Crippen LogP contribution < -0.4 is 5.73 Å². The number of benzene rings is 1. The number of H-pyrrole nitrogens is 1. The predicted octanol–water partition coefficient (Wildman–Crippen LogP) is 1.76. The molecule has 3 heteroatoms. The Bertz CT molecular complexity index is 431. The first-order valence-electron chi connectivity index (χ1n) is 4.95. The van der Waals surface area contributed by atoms with Crippen LogP contribution in [0.3, 0.4) is 0 Å². The number of rotatable bonds is 3. The molecule has 0 fully saturated rings. The maximum atomic E-state index is 5.48. The van der Waals surface area contributed by atoms with E-state index in [2.05, 4.69) is 35.3 Å². The van der Waals surface area contributed by atoms with Crippen molar-refractivity contribution in [1.82, 2.24) is 10.2 Å². The summed E-state index contributed by atoms with van der Waals surface area (Å²) in [4.78, 5) is 0. The first-order chi connectivity index (χ1) is 6.81. The van der Waals surface area contributed by atoms with Gasteiger partial charge in [0.2, 0.25) is 0 Å². The van der Waals surface area contributed by atoms with E-state index in [0.29, 0.717) is 0 Å². The quantitative estimate of drug-likeness (QED) is 0.773. The van der Waals surface area contributed by atoms with E-state index in [1.165, 1.54) is 16.6 Å². The number of nitrogens with two attached hydrogens (primary N) is 1. The largest absolute Gasteiger partial charge is 0.330 e. The molecule has 0 aliphatic carbocycles. The Labute approximate surface area is 83.3 Å². The van der Waals surface area contributed by atoms with Crippen LogP contribution in [0.4, 0.5) is 0 Å². The molecule has 14 heavy (non-hydrogen) atoms. The highest BCUT2D eigenvalue weighted by Gasteiger charge is 2.03. The van der Waals surface area contributed by atoms with Crippen LogP contribution in [0.2, 0.25) is 0 Å². The number of aromatic nitrogens is 2. The van der Waals surface area contributed by atoms with Crippen LogP contribution in [0, 0.1) is 6.92 Å². The molecule has 0 saturated carbocycles. The van der Waals surface area contributed by atoms with E-state index in [-0.39, 0.29) is 0 Å². The molecule has 0 radical (unpaired) electrons. The summed E-state index contributed by atoms with van der Waals surface area (Å²) in [6.45, 7) is 2.81. The van der Waals surface area contributed by atoms with Gasteiger partial charge in [-0.25, -0.2) is 0 Å². The van der Waals surface area contributed by atoms with Crippen molar-refractivity contribution in [1.29, 1.82) is 0 Å². The lowest BCUT2D eigenvalue weighted by Crippen LogP contribution is -2.00. The van der Waals surface area contributed by atoms with Crippen molar-refractivity contribution >= 4 is 10.9 Å². The standard InChI is InChI=1S/C11H15N3/c1-8-4-5-9-10(3-2-6-12)13-14-11(9)7-8/h4-5,7H,2-3,6,12H2,1H3,(H,13,14). The second kappa shape index (κ2) is 3.80. The third-order valence-corrected chi connectivity index (χ3v) is 2.42. The van der Waals surface area contributed by atoms with Gasteiger partial charge in [-0.15, -0.1) is 0 Å². The van der Waals surface area contributed by atoms with E-state index < -0.39 is 0 Å². The Kier molecular flexibility index (Phi) is 2.50. The Morgan fingerprint density at radius 3 is 3.07 bits per heavy atom. The average Bonchev–Trinajstić information content (AvgIpc) is 2.57. The third kappa shape index (κ3) is 1.63. The lowest BCUT2D eigenvalue weighted by molar-refractivity contribution is 0.808. The van der Waals surface area contributed by atoms with Crippen molar-refractivity contribution < 1.29 is 0 Å². The molecule has 0 unspecified atom stereocenters. The first-order valence-corrected chi connectivity index (χ1v) is 4.95. The van der Waals surface area contributed by atoms with Crippen molar-refractivity contribution in [3.63, 3.8) is 0 Å². The summed E-state index contributed by atoms with van der Waals surface area (Å²) in [5.41, 5.74) is 8.98. The molecule has 0 aliphatic rings. The van der Waals surface area contributed by atoms with Crippen LogP contribution in [0.25, 0.3) is 10.9 Å². The SMILES string of the molecule is Cc1ccc2c(CCCN)[nH]nc2c1. The summed E-state index contributed by atoms with van der Waals surface area (Å²) in [7, 11) is 0. The molecule has 2 rings (SSSR count). The minimum absolute atomic E-state index is 0.729. The normalized spacial score (nSPS) is 11.0. The molecule has 0 amide bonds. The summed E-state index contributed by atoms with van der Waals surface area (Å²) < 4.78 is 0. The van der Waals surface area contributed by atoms with E-state index >= 15 is 0 Å². The molecule has 0 bridgehead atoms. The van der Waals surface area contributed by atoms with Crippen LogP contribution in [-0.2, 0) is 6.42 Å². The van der Waals surface area contributed by atoms with Crippen molar-refractivity contribution in [2.45, 2.75) is 19.8 Å². The van der Waals surface area contributed by atoms with Crippen molar-refractivity contribution in [2.75, 3.05) is 6.54 Å². The third-order valence-electron chi connectivity index (χ3n) is 2.42. The van der Waals surface area contributed by atoms with Crippen LogP contribution in [0.15, 0.2) is 18.2 Å². The van der Waals surface area contributed by atoms with Gasteiger partial charge in [0.15, 0.2) is 0 Å². The smallest absolute Gasteiger partial charge is 0.0926 e. The predicted molar refractivity (Wildman–Crippen MR) is 58.2 cm³/mol. The first kappa shape index (κ1) is 9.21. The Balaban J connectivity index is 2.37. The molecule has 1 heterocycles. The zero-order valence-electron chi connectivity index (χ0n) is 8.38. The van der Waals surface area contributed by atoms with Gasteiger partial charge in [-0.2, -0.15) is 5.10 Å². The Morgan fingerprint density at radius 1 is 1.43 bits per heavy atom. The molecule has 3 N–H and O–H groups in total. The lowest BCUT2D eigenvalue weighted by atomic mass is 10.1. The number of fused-ring (bicyclic) bond motifs is 1. The fourth-order valence-electron chi connectivity index (χ4n) is 1.65. The molecular formula is C11H15N3. The van der Waals surface area contributed by atoms with Crippen LogP contribution in [0.5, 0.6) is 0 Å². The summed E-state index contributed by atoms with van der Waals surface area (Å²) in [5, 5.41) is 8.56. The summed E-state index contributed by atoms with van der Waals surface area (Å²) >= 11 is 0. The van der Waals surface area contributed by atoms with Crippen molar-refractivity contribution in [3.05, 3.63) is 29.5 Å². The van der Waals surface area contributed by atoms with Gasteiger partial charge in [-0.1, -0.05) is 12.1 Å². The molecule has 74 valence electrons. The fraction of sp³-hybridized carbons (Fsp3) is 0.364. The zero-order valence-corrected chi connectivity index (χ0v) is 8.38. The molecule has 0 saturated heterocycles. The molecule has 0 atom stereocenters. The zero-order chi connectivity index (χ0) is 9.97. The second-order valence-corrected chi connectivity index (χ2v) is 3.61. The molecule has 1 aromatic carbocycles. The molecule has 2 aromatic rings. The van der Waals surface area contributed by atoms with Gasteiger partial charge < -0.3 is 5.73 Å². The van der Waals surface area contributed by atoms with Gasteiger partial charge in [0.1, 0.15) is 0 Å². The molecule has 0 aliphatic heterocycles. The van der Waals surface area contributed by atoms with Crippen LogP contribution in [0.1, 0.15) is 17.7 Å². The van der Waals surface area contributed by atoms with Gasteiger partial charge in [0.25, 0.3) is 0 Å². The highest BCUT2D eigenvalue weighted by atomic mass is 15.1. The fourth-order valence-corrected chi connectivity index (χ4v) is 1.65. The highest BCUT2D eigenvalue weighted by Crippen LogP contribution is 2.17. The highest BCUT2D eigenvalue weighted by molar-refractivity contribution is 5.81. The molecule has 0 spiro atoms. The molecule has 3 nitrogen and oxygen atoms in total. The monoisotopic (exact) mass is 189 g/mol. The summed E-state index contributed by atoms with van der Waals surface area (Å²) in [5.74, 6) is 0. The van der Waals surface area contributed by atoms with Gasteiger partial charge in [-0.05, 0) is 37.9 Å².